The van der Waals surface area contributed by atoms with Gasteiger partial charge in [-0.25, -0.2) is 4.79 Å². The molecule has 0 radical (unpaired) electrons. The number of piperidine rings is 1. The first-order chi connectivity index (χ1) is 12.1. The van der Waals surface area contributed by atoms with Crippen LogP contribution in [0.2, 0.25) is 0 Å². The summed E-state index contributed by atoms with van der Waals surface area (Å²) in [6.45, 7) is 1.96. The smallest absolute Gasteiger partial charge is 0.317 e. The number of rotatable bonds is 8. The predicted octanol–water partition coefficient (Wildman–Crippen LogP) is 2.53. The van der Waals surface area contributed by atoms with Gasteiger partial charge in [0.05, 0.1) is 5.41 Å². The topological polar surface area (TPSA) is 78.9 Å². The molecule has 1 saturated heterocycles. The summed E-state index contributed by atoms with van der Waals surface area (Å²) in [6, 6.07) is 9.79. The summed E-state index contributed by atoms with van der Waals surface area (Å²) in [5.41, 5.74) is 0.314. The van der Waals surface area contributed by atoms with Crippen LogP contribution in [0, 0.1) is 5.41 Å². The van der Waals surface area contributed by atoms with Crippen LogP contribution in [-0.2, 0) is 16.0 Å². The molecule has 0 saturated carbocycles. The summed E-state index contributed by atoms with van der Waals surface area (Å²) < 4.78 is 5.04. The number of ether oxygens (including phenoxy) is 1. The third kappa shape index (κ3) is 5.46. The summed E-state index contributed by atoms with van der Waals surface area (Å²) >= 11 is 0. The van der Waals surface area contributed by atoms with E-state index in [2.05, 4.69) is 5.32 Å². The van der Waals surface area contributed by atoms with Crippen LogP contribution in [0.3, 0.4) is 0 Å². The number of likely N-dealkylation sites (tertiary alicyclic amines) is 1. The number of carboxylic acid groups (broad SMARTS) is 1. The highest BCUT2D eigenvalue weighted by atomic mass is 16.5. The van der Waals surface area contributed by atoms with Crippen molar-refractivity contribution >= 4 is 12.0 Å². The van der Waals surface area contributed by atoms with Gasteiger partial charge < -0.3 is 20.1 Å². The number of carboxylic acids is 1. The fraction of sp³-hybridized carbons (Fsp3) is 0.579. The third-order valence-corrected chi connectivity index (χ3v) is 4.85. The summed E-state index contributed by atoms with van der Waals surface area (Å²) in [5.74, 6) is -0.814. The standard InChI is InChI=1S/C19H28N2O4/c1-25-14-6-11-19(17(22)23)10-5-13-21(15-19)18(24)20-12-9-16-7-3-2-4-8-16/h2-4,7-8H,5-6,9-15H2,1H3,(H,20,24)(H,22,23)/t19-/m0/s1. The molecule has 2 rings (SSSR count). The molecule has 1 heterocycles. The lowest BCUT2D eigenvalue weighted by atomic mass is 9.76. The maximum absolute atomic E-state index is 12.4. The number of carbonyl (C=O) groups is 2. The summed E-state index contributed by atoms with van der Waals surface area (Å²) in [4.78, 5) is 25.9. The van der Waals surface area contributed by atoms with E-state index in [0.717, 1.165) is 6.42 Å². The van der Waals surface area contributed by atoms with Crippen LogP contribution >= 0.6 is 0 Å². The zero-order valence-corrected chi connectivity index (χ0v) is 14.9. The minimum absolute atomic E-state index is 0.173. The quantitative estimate of drug-likeness (QED) is 0.708. The second kappa shape index (κ2) is 9.42. The number of urea groups is 1. The maximum atomic E-state index is 12.4. The molecule has 138 valence electrons. The normalized spacial score (nSPS) is 20.3. The van der Waals surface area contributed by atoms with Crippen molar-refractivity contribution in [1.82, 2.24) is 10.2 Å². The highest BCUT2D eigenvalue weighted by Crippen LogP contribution is 2.35. The minimum atomic E-state index is -0.854. The Hall–Kier alpha value is -2.08. The first-order valence-electron chi connectivity index (χ1n) is 8.86. The van der Waals surface area contributed by atoms with E-state index in [9.17, 15) is 14.7 Å². The average Bonchev–Trinajstić information content (AvgIpc) is 2.63. The Bertz CT molecular complexity index is 564. The number of amides is 2. The van der Waals surface area contributed by atoms with Crippen molar-refractivity contribution in [2.45, 2.75) is 32.1 Å². The van der Waals surface area contributed by atoms with Crippen molar-refractivity contribution < 1.29 is 19.4 Å². The van der Waals surface area contributed by atoms with Crippen molar-refractivity contribution in [3.63, 3.8) is 0 Å². The number of nitrogens with one attached hydrogen (secondary N) is 1. The molecule has 0 spiro atoms. The third-order valence-electron chi connectivity index (χ3n) is 4.85. The lowest BCUT2D eigenvalue weighted by Crippen LogP contribution is -2.53. The first-order valence-corrected chi connectivity index (χ1v) is 8.86. The Kier molecular flexibility index (Phi) is 7.25. The molecule has 0 aromatic heterocycles. The lowest BCUT2D eigenvalue weighted by Gasteiger charge is -2.40. The number of hydrogen-bond donors (Lipinski definition) is 2. The molecule has 1 aromatic carbocycles. The molecular formula is C19H28N2O4. The van der Waals surface area contributed by atoms with Crippen molar-refractivity contribution in [2.75, 3.05) is 33.4 Å². The number of aliphatic carboxylic acids is 1. The first kappa shape index (κ1) is 19.2. The molecule has 0 bridgehead atoms. The van der Waals surface area contributed by atoms with Crippen molar-refractivity contribution in [3.05, 3.63) is 35.9 Å². The molecule has 1 aliphatic rings. The van der Waals surface area contributed by atoms with Crippen molar-refractivity contribution in [3.8, 4) is 0 Å². The maximum Gasteiger partial charge on any atom is 0.317 e. The van der Waals surface area contributed by atoms with Gasteiger partial charge in [0, 0.05) is 33.4 Å². The molecule has 1 atom stereocenters. The fourth-order valence-corrected chi connectivity index (χ4v) is 3.42. The monoisotopic (exact) mass is 348 g/mol. The van der Waals surface area contributed by atoms with Gasteiger partial charge in [-0.15, -0.1) is 0 Å². The van der Waals surface area contributed by atoms with Crippen LogP contribution in [0.15, 0.2) is 30.3 Å². The number of methoxy groups -OCH3 is 1. The van der Waals surface area contributed by atoms with E-state index in [0.29, 0.717) is 45.4 Å². The minimum Gasteiger partial charge on any atom is -0.481 e. The summed E-state index contributed by atoms with van der Waals surface area (Å²) in [7, 11) is 1.61. The van der Waals surface area contributed by atoms with E-state index in [1.165, 1.54) is 5.56 Å². The molecule has 2 N–H and O–H groups in total. The summed E-state index contributed by atoms with van der Waals surface area (Å²) in [6.07, 6.45) is 3.31. The number of benzene rings is 1. The molecule has 1 aromatic rings. The Labute approximate surface area is 149 Å². The molecule has 1 fully saturated rings. The van der Waals surface area contributed by atoms with E-state index in [-0.39, 0.29) is 12.6 Å². The highest BCUT2D eigenvalue weighted by Gasteiger charge is 2.43. The van der Waals surface area contributed by atoms with Crippen LogP contribution in [0.25, 0.3) is 0 Å². The van der Waals surface area contributed by atoms with E-state index in [4.69, 9.17) is 4.74 Å². The van der Waals surface area contributed by atoms with Gasteiger partial charge in [0.1, 0.15) is 0 Å². The lowest BCUT2D eigenvalue weighted by molar-refractivity contribution is -0.152. The Morgan fingerprint density at radius 3 is 2.76 bits per heavy atom. The number of carbonyl (C=O) groups excluding carboxylic acids is 1. The van der Waals surface area contributed by atoms with Crippen LogP contribution < -0.4 is 5.32 Å². The Morgan fingerprint density at radius 1 is 1.32 bits per heavy atom. The molecule has 0 aliphatic carbocycles. The van der Waals surface area contributed by atoms with E-state index < -0.39 is 11.4 Å². The van der Waals surface area contributed by atoms with Gasteiger partial charge in [-0.1, -0.05) is 30.3 Å². The van der Waals surface area contributed by atoms with Gasteiger partial charge in [0.2, 0.25) is 0 Å². The van der Waals surface area contributed by atoms with Crippen molar-refractivity contribution in [2.24, 2.45) is 5.41 Å². The van der Waals surface area contributed by atoms with Gasteiger partial charge in [0.15, 0.2) is 0 Å². The fourth-order valence-electron chi connectivity index (χ4n) is 3.42. The van der Waals surface area contributed by atoms with E-state index >= 15 is 0 Å². The van der Waals surface area contributed by atoms with Crippen molar-refractivity contribution in [1.29, 1.82) is 0 Å². The number of hydrogen-bond acceptors (Lipinski definition) is 3. The second-order valence-corrected chi connectivity index (χ2v) is 6.67. The Morgan fingerprint density at radius 2 is 2.08 bits per heavy atom. The zero-order chi connectivity index (χ0) is 18.1. The van der Waals surface area contributed by atoms with Crippen LogP contribution in [0.4, 0.5) is 4.79 Å². The molecule has 25 heavy (non-hydrogen) atoms. The van der Waals surface area contributed by atoms with Gasteiger partial charge in [-0.2, -0.15) is 0 Å². The molecule has 1 aliphatic heterocycles. The van der Waals surface area contributed by atoms with Gasteiger partial charge >= 0.3 is 12.0 Å². The SMILES string of the molecule is COCCC[C@@]1(C(=O)O)CCCN(C(=O)NCCc2ccccc2)C1. The number of nitrogens with zero attached hydrogens (tertiary/aromatic N) is 1. The van der Waals surface area contributed by atoms with E-state index in [1.54, 1.807) is 12.0 Å². The Balaban J connectivity index is 1.87. The second-order valence-electron chi connectivity index (χ2n) is 6.67. The van der Waals surface area contributed by atoms with Crippen LogP contribution in [0.1, 0.15) is 31.2 Å². The van der Waals surface area contributed by atoms with Gasteiger partial charge in [-0.05, 0) is 37.7 Å². The van der Waals surface area contributed by atoms with Crippen LogP contribution in [-0.4, -0.2) is 55.4 Å². The zero-order valence-electron chi connectivity index (χ0n) is 14.9. The van der Waals surface area contributed by atoms with E-state index in [1.807, 2.05) is 30.3 Å². The molecule has 2 amide bonds. The molecule has 0 unspecified atom stereocenters. The molecule has 6 heteroatoms. The largest absolute Gasteiger partial charge is 0.481 e. The highest BCUT2D eigenvalue weighted by molar-refractivity contribution is 5.78. The summed E-state index contributed by atoms with van der Waals surface area (Å²) in [5, 5.41) is 12.6. The predicted molar refractivity (Wildman–Crippen MR) is 95.5 cm³/mol. The average molecular weight is 348 g/mol. The van der Waals surface area contributed by atoms with Crippen LogP contribution in [0.5, 0.6) is 0 Å². The van der Waals surface area contributed by atoms with Gasteiger partial charge in [0.25, 0.3) is 0 Å². The molecule has 6 nitrogen and oxygen atoms in total. The van der Waals surface area contributed by atoms with Gasteiger partial charge in [-0.3, -0.25) is 4.79 Å². The molecular weight excluding hydrogens is 320 g/mol.